The van der Waals surface area contributed by atoms with Gasteiger partial charge in [0.25, 0.3) is 5.91 Å². The molecule has 0 saturated carbocycles. The van der Waals surface area contributed by atoms with Crippen molar-refractivity contribution >= 4 is 11.6 Å². The average Bonchev–Trinajstić information content (AvgIpc) is 2.34. The lowest BCUT2D eigenvalue weighted by Crippen LogP contribution is -2.34. The van der Waals surface area contributed by atoms with Crippen LogP contribution in [0.5, 0.6) is 5.75 Å². The van der Waals surface area contributed by atoms with E-state index in [0.717, 1.165) is 5.56 Å². The summed E-state index contributed by atoms with van der Waals surface area (Å²) in [6.07, 6.45) is 0. The van der Waals surface area contributed by atoms with Gasteiger partial charge in [-0.1, -0.05) is 26.8 Å². The Bertz CT molecular complexity index is 494. The van der Waals surface area contributed by atoms with Gasteiger partial charge in [-0.15, -0.1) is 0 Å². The Hall–Kier alpha value is -2.15. The molecule has 3 N–H and O–H groups in total. The summed E-state index contributed by atoms with van der Waals surface area (Å²) < 4.78 is 5.09. The molecule has 1 amide bonds. The molecule has 0 spiro atoms. The highest BCUT2D eigenvalue weighted by Gasteiger charge is 2.22. The topological polar surface area (TPSA) is 107 Å². The van der Waals surface area contributed by atoms with Crippen LogP contribution in [0.2, 0.25) is 0 Å². The highest BCUT2D eigenvalue weighted by atomic mass is 16.6. The van der Waals surface area contributed by atoms with E-state index in [2.05, 4.69) is 0 Å². The number of carbonyl (C=O) groups is 1. The molecule has 0 heterocycles. The summed E-state index contributed by atoms with van der Waals surface area (Å²) in [6.45, 7) is 5.49. The van der Waals surface area contributed by atoms with E-state index in [1.807, 2.05) is 26.2 Å². The maximum atomic E-state index is 11.0. The molecule has 19 heavy (non-hydrogen) atoms. The fraction of sp³-hybridized carbons (Fsp3) is 0.417. The SMILES string of the molecule is CC(C)(C)c1ccc(OCC(=O)NN)c([N+](=O)[O-])c1. The Morgan fingerprint density at radius 1 is 1.47 bits per heavy atom. The Morgan fingerprint density at radius 3 is 2.58 bits per heavy atom. The third kappa shape index (κ3) is 3.92. The van der Waals surface area contributed by atoms with Crippen molar-refractivity contribution in [3.63, 3.8) is 0 Å². The van der Waals surface area contributed by atoms with E-state index in [1.54, 1.807) is 6.07 Å². The van der Waals surface area contributed by atoms with Gasteiger partial charge in [-0.05, 0) is 17.0 Å². The Labute approximate surface area is 110 Å². The number of nitrogens with zero attached hydrogens (tertiary/aromatic N) is 1. The number of ether oxygens (including phenoxy) is 1. The third-order valence-electron chi connectivity index (χ3n) is 2.54. The summed E-state index contributed by atoms with van der Waals surface area (Å²) in [6, 6.07) is 4.68. The van der Waals surface area contributed by atoms with E-state index in [9.17, 15) is 14.9 Å². The van der Waals surface area contributed by atoms with Crippen molar-refractivity contribution in [1.82, 2.24) is 5.43 Å². The number of nitrogens with two attached hydrogens (primary N) is 1. The summed E-state index contributed by atoms with van der Waals surface area (Å²) in [5, 5.41) is 11.0. The molecule has 1 aromatic rings. The Balaban J connectivity index is 3.05. The zero-order valence-electron chi connectivity index (χ0n) is 11.1. The van der Waals surface area contributed by atoms with Gasteiger partial charge >= 0.3 is 5.69 Å². The number of nitrogens with one attached hydrogen (secondary N) is 1. The van der Waals surface area contributed by atoms with Gasteiger partial charge in [0.1, 0.15) is 0 Å². The molecule has 1 rings (SSSR count). The predicted octanol–water partition coefficient (Wildman–Crippen LogP) is 1.26. The molecule has 0 radical (unpaired) electrons. The molecular formula is C12H17N3O4. The maximum Gasteiger partial charge on any atom is 0.311 e. The lowest BCUT2D eigenvalue weighted by atomic mass is 9.87. The first kappa shape index (κ1) is 14.9. The van der Waals surface area contributed by atoms with Crippen LogP contribution in [-0.4, -0.2) is 17.4 Å². The lowest BCUT2D eigenvalue weighted by molar-refractivity contribution is -0.385. The molecule has 1 aromatic carbocycles. The average molecular weight is 267 g/mol. The molecule has 0 aliphatic rings. The maximum absolute atomic E-state index is 11.0. The van der Waals surface area contributed by atoms with Crippen LogP contribution in [0.3, 0.4) is 0 Å². The second kappa shape index (κ2) is 5.66. The van der Waals surface area contributed by atoms with Crippen molar-refractivity contribution in [2.75, 3.05) is 6.61 Å². The van der Waals surface area contributed by atoms with Gasteiger partial charge in [0.15, 0.2) is 12.4 Å². The number of rotatable bonds is 4. The first-order valence-electron chi connectivity index (χ1n) is 5.67. The van der Waals surface area contributed by atoms with E-state index in [4.69, 9.17) is 10.6 Å². The van der Waals surface area contributed by atoms with Gasteiger partial charge in [0.05, 0.1) is 4.92 Å². The smallest absolute Gasteiger partial charge is 0.311 e. The first-order valence-corrected chi connectivity index (χ1v) is 5.67. The monoisotopic (exact) mass is 267 g/mol. The van der Waals surface area contributed by atoms with E-state index in [-0.39, 0.29) is 23.5 Å². The normalized spacial score (nSPS) is 10.9. The van der Waals surface area contributed by atoms with Gasteiger partial charge in [-0.2, -0.15) is 0 Å². The first-order chi connectivity index (χ1) is 8.75. The van der Waals surface area contributed by atoms with Crippen LogP contribution in [-0.2, 0) is 10.2 Å². The number of hydrogen-bond acceptors (Lipinski definition) is 5. The van der Waals surface area contributed by atoms with Crippen LogP contribution in [0.15, 0.2) is 18.2 Å². The number of amides is 1. The summed E-state index contributed by atoms with van der Waals surface area (Å²) in [7, 11) is 0. The second-order valence-electron chi connectivity index (χ2n) is 5.05. The number of carbonyl (C=O) groups excluding carboxylic acids is 1. The second-order valence-corrected chi connectivity index (χ2v) is 5.05. The van der Waals surface area contributed by atoms with Crippen LogP contribution in [0, 0.1) is 10.1 Å². The van der Waals surface area contributed by atoms with Gasteiger partial charge in [0, 0.05) is 6.07 Å². The molecular weight excluding hydrogens is 250 g/mol. The summed E-state index contributed by atoms with van der Waals surface area (Å²) in [5.41, 5.74) is 2.32. The van der Waals surface area contributed by atoms with Crippen molar-refractivity contribution in [3.8, 4) is 5.75 Å². The molecule has 7 nitrogen and oxygen atoms in total. The number of nitro benzene ring substituents is 1. The summed E-state index contributed by atoms with van der Waals surface area (Å²) in [5.74, 6) is 4.38. The van der Waals surface area contributed by atoms with Crippen molar-refractivity contribution in [1.29, 1.82) is 0 Å². The van der Waals surface area contributed by atoms with Crippen LogP contribution in [0.4, 0.5) is 5.69 Å². The fourth-order valence-corrected chi connectivity index (χ4v) is 1.43. The molecule has 104 valence electrons. The molecule has 0 bridgehead atoms. The lowest BCUT2D eigenvalue weighted by Gasteiger charge is -2.19. The van der Waals surface area contributed by atoms with Crippen molar-refractivity contribution in [2.24, 2.45) is 5.84 Å². The zero-order chi connectivity index (χ0) is 14.6. The van der Waals surface area contributed by atoms with E-state index >= 15 is 0 Å². The third-order valence-corrected chi connectivity index (χ3v) is 2.54. The molecule has 0 unspecified atom stereocenters. The number of benzene rings is 1. The molecule has 0 aliphatic carbocycles. The number of nitro groups is 1. The van der Waals surface area contributed by atoms with Gasteiger partial charge < -0.3 is 4.74 Å². The minimum atomic E-state index is -0.561. The number of hydrogen-bond donors (Lipinski definition) is 2. The van der Waals surface area contributed by atoms with Gasteiger partial charge in [0.2, 0.25) is 0 Å². The van der Waals surface area contributed by atoms with Crippen molar-refractivity contribution in [2.45, 2.75) is 26.2 Å². The molecule has 7 heteroatoms. The van der Waals surface area contributed by atoms with Gasteiger partial charge in [-0.3, -0.25) is 20.3 Å². The zero-order valence-corrected chi connectivity index (χ0v) is 11.1. The van der Waals surface area contributed by atoms with Crippen LogP contribution in [0.1, 0.15) is 26.3 Å². The van der Waals surface area contributed by atoms with Crippen LogP contribution in [0.25, 0.3) is 0 Å². The molecule has 0 atom stereocenters. The quantitative estimate of drug-likeness (QED) is 0.369. The van der Waals surface area contributed by atoms with Crippen molar-refractivity contribution < 1.29 is 14.5 Å². The van der Waals surface area contributed by atoms with E-state index in [1.165, 1.54) is 12.1 Å². The minimum absolute atomic E-state index is 0.0431. The summed E-state index contributed by atoms with van der Waals surface area (Å²) >= 11 is 0. The molecule has 0 aromatic heterocycles. The van der Waals surface area contributed by atoms with Crippen LogP contribution < -0.4 is 16.0 Å². The molecule has 0 aliphatic heterocycles. The largest absolute Gasteiger partial charge is 0.477 e. The van der Waals surface area contributed by atoms with Crippen LogP contribution >= 0.6 is 0 Å². The Kier molecular flexibility index (Phi) is 4.44. The summed E-state index contributed by atoms with van der Waals surface area (Å²) in [4.78, 5) is 21.4. The molecule has 0 fully saturated rings. The molecule has 0 saturated heterocycles. The van der Waals surface area contributed by atoms with E-state index < -0.39 is 10.8 Å². The highest BCUT2D eigenvalue weighted by molar-refractivity contribution is 5.76. The Morgan fingerprint density at radius 2 is 2.11 bits per heavy atom. The standard InChI is InChI=1S/C12H17N3O4/c1-12(2,3)8-4-5-10(9(6-8)15(17)18)19-7-11(16)14-13/h4-6H,7,13H2,1-3H3,(H,14,16). The minimum Gasteiger partial charge on any atom is -0.477 e. The van der Waals surface area contributed by atoms with E-state index in [0.29, 0.717) is 0 Å². The fourth-order valence-electron chi connectivity index (χ4n) is 1.43. The predicted molar refractivity (Wildman–Crippen MR) is 69.6 cm³/mol. The van der Waals surface area contributed by atoms with Crippen molar-refractivity contribution in [3.05, 3.63) is 33.9 Å². The highest BCUT2D eigenvalue weighted by Crippen LogP contribution is 2.32. The van der Waals surface area contributed by atoms with Gasteiger partial charge in [-0.25, -0.2) is 5.84 Å². The number of hydrazine groups is 1.